The fraction of sp³-hybridized carbons (Fsp3) is 0.276. The lowest BCUT2D eigenvalue weighted by Crippen LogP contribution is -2.26. The highest BCUT2D eigenvalue weighted by Crippen LogP contribution is 2.38. The number of hydrogen-bond acceptors (Lipinski definition) is 3. The van der Waals surface area contributed by atoms with E-state index in [-0.39, 0.29) is 24.3 Å². The molecule has 0 saturated heterocycles. The minimum absolute atomic E-state index is 0.00919. The Bertz CT molecular complexity index is 1310. The van der Waals surface area contributed by atoms with Gasteiger partial charge in [0.15, 0.2) is 0 Å². The number of nitrogens with one attached hydrogen (secondary N) is 1. The third-order valence-electron chi connectivity index (χ3n) is 7.04. The maximum atomic E-state index is 13.5. The lowest BCUT2D eigenvalue weighted by molar-refractivity contribution is -0.137. The normalized spacial score (nSPS) is 15.7. The zero-order chi connectivity index (χ0) is 24.2. The van der Waals surface area contributed by atoms with Crippen molar-refractivity contribution in [2.45, 2.75) is 44.1 Å². The van der Waals surface area contributed by atoms with Crippen molar-refractivity contribution in [1.29, 1.82) is 0 Å². The molecule has 4 aromatic rings. The number of amides is 1. The summed E-state index contributed by atoms with van der Waals surface area (Å²) in [6, 6.07) is 24.9. The number of carbonyl (C=O) groups is 2. The fourth-order valence-corrected chi connectivity index (χ4v) is 5.38. The molecule has 178 valence electrons. The standard InChI is InChI=1S/C29H29N3O3/c33-27(34)18-26(20-9-3-1-4-10-20)32-19-30-24-17-23(15-16-25(24)32)31-29(35)28(22-13-7-8-14-22)21-11-5-2-6-12-21/h1-6,9-12,15-17,19,22,26,28H,7-8,13-14,18H2,(H,31,35)(H,33,34). The molecule has 1 heterocycles. The quantitative estimate of drug-likeness (QED) is 0.332. The number of nitrogens with zero attached hydrogens (tertiary/aromatic N) is 2. The summed E-state index contributed by atoms with van der Waals surface area (Å²) >= 11 is 0. The van der Waals surface area contributed by atoms with Crippen molar-refractivity contribution in [3.8, 4) is 0 Å². The number of aliphatic carboxylic acids is 1. The zero-order valence-electron chi connectivity index (χ0n) is 19.5. The minimum Gasteiger partial charge on any atom is -0.481 e. The maximum Gasteiger partial charge on any atom is 0.305 e. The van der Waals surface area contributed by atoms with E-state index in [1.54, 1.807) is 6.33 Å². The third-order valence-corrected chi connectivity index (χ3v) is 7.04. The molecule has 0 spiro atoms. The van der Waals surface area contributed by atoms with E-state index in [9.17, 15) is 14.7 Å². The maximum absolute atomic E-state index is 13.5. The molecule has 1 fully saturated rings. The second kappa shape index (κ2) is 10.1. The summed E-state index contributed by atoms with van der Waals surface area (Å²) < 4.78 is 1.90. The summed E-state index contributed by atoms with van der Waals surface area (Å²) in [5.41, 5.74) is 4.21. The van der Waals surface area contributed by atoms with Crippen LogP contribution in [0.3, 0.4) is 0 Å². The number of anilines is 1. The highest BCUT2D eigenvalue weighted by molar-refractivity contribution is 5.97. The molecular weight excluding hydrogens is 438 g/mol. The number of fused-ring (bicyclic) bond motifs is 1. The van der Waals surface area contributed by atoms with Gasteiger partial charge in [-0.1, -0.05) is 73.5 Å². The number of carbonyl (C=O) groups excluding carboxylic acids is 1. The van der Waals surface area contributed by atoms with Crippen molar-refractivity contribution in [2.24, 2.45) is 5.92 Å². The molecule has 0 radical (unpaired) electrons. The van der Waals surface area contributed by atoms with Crippen LogP contribution in [-0.2, 0) is 9.59 Å². The molecule has 2 N–H and O–H groups in total. The van der Waals surface area contributed by atoms with Gasteiger partial charge in [-0.25, -0.2) is 4.98 Å². The van der Waals surface area contributed by atoms with Crippen LogP contribution < -0.4 is 5.32 Å². The van der Waals surface area contributed by atoms with Gasteiger partial charge in [0.1, 0.15) is 0 Å². The first kappa shape index (κ1) is 22.8. The Kier molecular flexibility index (Phi) is 6.62. The molecule has 0 aliphatic heterocycles. The van der Waals surface area contributed by atoms with Gasteiger partial charge >= 0.3 is 5.97 Å². The van der Waals surface area contributed by atoms with Crippen molar-refractivity contribution in [3.63, 3.8) is 0 Å². The number of carboxylic acids is 1. The van der Waals surface area contributed by atoms with Crippen LogP contribution in [0.2, 0.25) is 0 Å². The van der Waals surface area contributed by atoms with Gasteiger partial charge in [0.05, 0.1) is 35.7 Å². The molecule has 2 unspecified atom stereocenters. The third kappa shape index (κ3) is 4.97. The van der Waals surface area contributed by atoms with Crippen LogP contribution in [0.4, 0.5) is 5.69 Å². The molecule has 5 rings (SSSR count). The Morgan fingerprint density at radius 2 is 1.60 bits per heavy atom. The summed E-state index contributed by atoms with van der Waals surface area (Å²) in [5, 5.41) is 12.6. The average Bonchev–Trinajstić information content (AvgIpc) is 3.54. The van der Waals surface area contributed by atoms with Crippen LogP contribution in [0.5, 0.6) is 0 Å². The summed E-state index contributed by atoms with van der Waals surface area (Å²) in [7, 11) is 0. The summed E-state index contributed by atoms with van der Waals surface area (Å²) in [4.78, 5) is 29.6. The van der Waals surface area contributed by atoms with Crippen molar-refractivity contribution in [1.82, 2.24) is 9.55 Å². The molecule has 2 atom stereocenters. The first-order valence-corrected chi connectivity index (χ1v) is 12.2. The van der Waals surface area contributed by atoms with Crippen LogP contribution in [0, 0.1) is 5.92 Å². The van der Waals surface area contributed by atoms with Gasteiger partial charge < -0.3 is 15.0 Å². The minimum atomic E-state index is -0.872. The monoisotopic (exact) mass is 467 g/mol. The van der Waals surface area contributed by atoms with Crippen LogP contribution in [-0.4, -0.2) is 26.5 Å². The van der Waals surface area contributed by atoms with E-state index in [0.29, 0.717) is 17.1 Å². The van der Waals surface area contributed by atoms with Crippen LogP contribution in [0.1, 0.15) is 55.2 Å². The van der Waals surface area contributed by atoms with E-state index in [0.717, 1.165) is 29.5 Å². The topological polar surface area (TPSA) is 84.2 Å². The molecular formula is C29H29N3O3. The fourth-order valence-electron chi connectivity index (χ4n) is 5.38. The molecule has 6 heteroatoms. The van der Waals surface area contributed by atoms with E-state index in [1.165, 1.54) is 12.8 Å². The molecule has 1 amide bonds. The Hall–Kier alpha value is -3.93. The lowest BCUT2D eigenvalue weighted by atomic mass is 9.84. The Labute approximate surface area is 204 Å². The average molecular weight is 468 g/mol. The van der Waals surface area contributed by atoms with Crippen LogP contribution in [0.25, 0.3) is 11.0 Å². The lowest BCUT2D eigenvalue weighted by Gasteiger charge is -2.23. The first-order chi connectivity index (χ1) is 17.1. The largest absolute Gasteiger partial charge is 0.481 e. The van der Waals surface area contributed by atoms with Gasteiger partial charge in [-0.3, -0.25) is 9.59 Å². The van der Waals surface area contributed by atoms with E-state index in [1.807, 2.05) is 83.4 Å². The second-order valence-corrected chi connectivity index (χ2v) is 9.30. The molecule has 1 saturated carbocycles. The van der Waals surface area contributed by atoms with Crippen LogP contribution in [0.15, 0.2) is 85.2 Å². The van der Waals surface area contributed by atoms with Gasteiger partial charge in [0, 0.05) is 5.69 Å². The van der Waals surface area contributed by atoms with Gasteiger partial charge in [-0.15, -0.1) is 0 Å². The number of carboxylic acid groups (broad SMARTS) is 1. The summed E-state index contributed by atoms with van der Waals surface area (Å²) in [6.45, 7) is 0. The van der Waals surface area contributed by atoms with Gasteiger partial charge in [0.25, 0.3) is 0 Å². The molecule has 0 bridgehead atoms. The number of benzene rings is 3. The van der Waals surface area contributed by atoms with Gasteiger partial charge in [-0.05, 0) is 48.1 Å². The Balaban J connectivity index is 1.42. The Morgan fingerprint density at radius 3 is 2.26 bits per heavy atom. The van der Waals surface area contributed by atoms with Crippen molar-refractivity contribution < 1.29 is 14.7 Å². The van der Waals surface area contributed by atoms with Crippen LogP contribution >= 0.6 is 0 Å². The smallest absolute Gasteiger partial charge is 0.305 e. The summed E-state index contributed by atoms with van der Waals surface area (Å²) in [5.74, 6) is -0.689. The zero-order valence-corrected chi connectivity index (χ0v) is 19.5. The van der Waals surface area contributed by atoms with Crippen molar-refractivity contribution in [2.75, 3.05) is 5.32 Å². The van der Waals surface area contributed by atoms with Gasteiger partial charge in [-0.2, -0.15) is 0 Å². The van der Waals surface area contributed by atoms with E-state index in [4.69, 9.17) is 0 Å². The number of imidazole rings is 1. The van der Waals surface area contributed by atoms with Gasteiger partial charge in [0.2, 0.25) is 5.91 Å². The van der Waals surface area contributed by atoms with Crippen molar-refractivity contribution in [3.05, 3.63) is 96.3 Å². The predicted molar refractivity (Wildman–Crippen MR) is 136 cm³/mol. The molecule has 1 aliphatic rings. The molecule has 1 aliphatic carbocycles. The van der Waals surface area contributed by atoms with E-state index in [2.05, 4.69) is 10.3 Å². The second-order valence-electron chi connectivity index (χ2n) is 9.30. The number of hydrogen-bond donors (Lipinski definition) is 2. The van der Waals surface area contributed by atoms with E-state index < -0.39 is 5.97 Å². The highest BCUT2D eigenvalue weighted by atomic mass is 16.4. The summed E-state index contributed by atoms with van der Waals surface area (Å²) in [6.07, 6.45) is 6.12. The number of rotatable bonds is 8. The predicted octanol–water partition coefficient (Wildman–Crippen LogP) is 6.01. The Morgan fingerprint density at radius 1 is 0.943 bits per heavy atom. The molecule has 6 nitrogen and oxygen atoms in total. The molecule has 1 aromatic heterocycles. The molecule has 35 heavy (non-hydrogen) atoms. The molecule has 3 aromatic carbocycles. The highest BCUT2D eigenvalue weighted by Gasteiger charge is 2.32. The SMILES string of the molecule is O=C(O)CC(c1ccccc1)n1cnc2cc(NC(=O)C(c3ccccc3)C3CCCC3)ccc21. The van der Waals surface area contributed by atoms with Crippen molar-refractivity contribution >= 4 is 28.6 Å². The first-order valence-electron chi connectivity index (χ1n) is 12.2. The number of aromatic nitrogens is 2. The van der Waals surface area contributed by atoms with E-state index >= 15 is 0 Å².